The van der Waals surface area contributed by atoms with Crippen molar-refractivity contribution >= 4 is 29.2 Å². The Morgan fingerprint density at radius 1 is 1.45 bits per heavy atom. The van der Waals surface area contributed by atoms with E-state index in [0.29, 0.717) is 6.20 Å². The molecule has 0 aromatic carbocycles. The molecule has 0 aliphatic rings. The highest BCUT2D eigenvalue weighted by atomic mass is 35.5. The standard InChI is InChI=1S/C12H8ClF3N2OS/c13-9-4-7(12(14,15)16)5-17-11(9)8(6-18-19)10-2-1-3-20-10/h1-6,8,19H/b18-6-/t8-/m1/s1. The molecule has 0 fully saturated rings. The number of rotatable bonds is 3. The maximum absolute atomic E-state index is 12.6. The average molecular weight is 321 g/mol. The van der Waals surface area contributed by atoms with Crippen molar-refractivity contribution in [2.45, 2.75) is 12.1 Å². The van der Waals surface area contributed by atoms with Crippen molar-refractivity contribution in [1.29, 1.82) is 0 Å². The average Bonchev–Trinajstić information content (AvgIpc) is 2.89. The van der Waals surface area contributed by atoms with Crippen LogP contribution in [0.3, 0.4) is 0 Å². The van der Waals surface area contributed by atoms with E-state index in [1.807, 2.05) is 0 Å². The molecule has 8 heteroatoms. The number of thiophene rings is 1. The number of pyridine rings is 1. The van der Waals surface area contributed by atoms with Gasteiger partial charge in [-0.2, -0.15) is 13.2 Å². The van der Waals surface area contributed by atoms with Gasteiger partial charge < -0.3 is 5.21 Å². The quantitative estimate of drug-likeness (QED) is 0.517. The molecule has 1 atom stereocenters. The minimum absolute atomic E-state index is 0.127. The van der Waals surface area contributed by atoms with Crippen LogP contribution in [0.15, 0.2) is 34.9 Å². The molecule has 0 amide bonds. The van der Waals surface area contributed by atoms with E-state index in [1.54, 1.807) is 17.5 Å². The Morgan fingerprint density at radius 2 is 2.20 bits per heavy atom. The molecule has 20 heavy (non-hydrogen) atoms. The lowest BCUT2D eigenvalue weighted by Gasteiger charge is -2.13. The van der Waals surface area contributed by atoms with Gasteiger partial charge in [-0.1, -0.05) is 17.7 Å². The van der Waals surface area contributed by atoms with Crippen molar-refractivity contribution < 1.29 is 18.4 Å². The minimum atomic E-state index is -4.50. The van der Waals surface area contributed by atoms with Crippen molar-refractivity contribution in [2.24, 2.45) is 5.16 Å². The number of alkyl halides is 3. The molecule has 0 aliphatic heterocycles. The highest BCUT2D eigenvalue weighted by Gasteiger charge is 2.32. The SMILES string of the molecule is O/N=C\[C@H](c1cccs1)c1ncc(C(F)(F)F)cc1Cl. The predicted molar refractivity (Wildman–Crippen MR) is 70.7 cm³/mol. The number of oxime groups is 1. The van der Waals surface area contributed by atoms with Crippen molar-refractivity contribution in [3.63, 3.8) is 0 Å². The lowest BCUT2D eigenvalue weighted by Crippen LogP contribution is -2.09. The summed E-state index contributed by atoms with van der Waals surface area (Å²) in [7, 11) is 0. The van der Waals surface area contributed by atoms with Gasteiger partial charge in [-0.15, -0.1) is 16.5 Å². The van der Waals surface area contributed by atoms with E-state index in [1.165, 1.54) is 17.6 Å². The molecule has 3 nitrogen and oxygen atoms in total. The summed E-state index contributed by atoms with van der Waals surface area (Å²) in [5, 5.41) is 13.3. The summed E-state index contributed by atoms with van der Waals surface area (Å²) < 4.78 is 37.7. The fraction of sp³-hybridized carbons (Fsp3) is 0.167. The molecule has 0 saturated carbocycles. The summed E-state index contributed by atoms with van der Waals surface area (Å²) in [4.78, 5) is 4.53. The summed E-state index contributed by atoms with van der Waals surface area (Å²) >= 11 is 7.24. The molecule has 2 aromatic heterocycles. The molecular weight excluding hydrogens is 313 g/mol. The Bertz CT molecular complexity index is 614. The lowest BCUT2D eigenvalue weighted by atomic mass is 10.0. The van der Waals surface area contributed by atoms with Gasteiger partial charge in [-0.3, -0.25) is 4.98 Å². The second-order valence-corrected chi connectivity index (χ2v) is 5.23. The smallest absolute Gasteiger partial charge is 0.411 e. The second-order valence-electron chi connectivity index (χ2n) is 3.85. The maximum Gasteiger partial charge on any atom is 0.417 e. The molecule has 0 bridgehead atoms. The number of nitrogens with zero attached hydrogens (tertiary/aromatic N) is 2. The van der Waals surface area contributed by atoms with Gasteiger partial charge in [0.25, 0.3) is 0 Å². The third-order valence-electron chi connectivity index (χ3n) is 2.56. The molecular formula is C12H8ClF3N2OS. The van der Waals surface area contributed by atoms with Gasteiger partial charge in [0.2, 0.25) is 0 Å². The van der Waals surface area contributed by atoms with E-state index in [0.717, 1.165) is 10.9 Å². The molecule has 2 heterocycles. The van der Waals surface area contributed by atoms with Crippen molar-refractivity contribution in [3.8, 4) is 0 Å². The first kappa shape index (κ1) is 14.8. The van der Waals surface area contributed by atoms with E-state index in [4.69, 9.17) is 16.8 Å². The normalized spacial score (nSPS) is 13.8. The van der Waals surface area contributed by atoms with Crippen LogP contribution in [0.4, 0.5) is 13.2 Å². The molecule has 2 aromatic rings. The van der Waals surface area contributed by atoms with Crippen molar-refractivity contribution in [2.75, 3.05) is 0 Å². The Labute approximate surface area is 121 Å². The highest BCUT2D eigenvalue weighted by molar-refractivity contribution is 7.10. The van der Waals surface area contributed by atoms with Gasteiger partial charge in [0.15, 0.2) is 0 Å². The summed E-state index contributed by atoms with van der Waals surface area (Å²) in [6.45, 7) is 0. The number of aromatic nitrogens is 1. The summed E-state index contributed by atoms with van der Waals surface area (Å²) in [6.07, 6.45) is -2.61. The van der Waals surface area contributed by atoms with Crippen LogP contribution >= 0.6 is 22.9 Å². The second kappa shape index (κ2) is 5.80. The lowest BCUT2D eigenvalue weighted by molar-refractivity contribution is -0.137. The van der Waals surface area contributed by atoms with Crippen LogP contribution in [0.5, 0.6) is 0 Å². The monoisotopic (exact) mass is 320 g/mol. The third-order valence-corrected chi connectivity index (χ3v) is 3.82. The molecule has 0 unspecified atom stereocenters. The van der Waals surface area contributed by atoms with E-state index in [2.05, 4.69) is 10.1 Å². The van der Waals surface area contributed by atoms with Crippen LogP contribution in [0, 0.1) is 0 Å². The van der Waals surface area contributed by atoms with E-state index >= 15 is 0 Å². The first-order chi connectivity index (χ1) is 9.43. The highest BCUT2D eigenvalue weighted by Crippen LogP contribution is 2.35. The van der Waals surface area contributed by atoms with Gasteiger partial charge in [0.05, 0.1) is 28.4 Å². The molecule has 0 radical (unpaired) electrons. The summed E-state index contributed by atoms with van der Waals surface area (Å²) in [5.74, 6) is -0.588. The zero-order valence-electron chi connectivity index (χ0n) is 9.80. The van der Waals surface area contributed by atoms with E-state index < -0.39 is 17.7 Å². The van der Waals surface area contributed by atoms with E-state index in [9.17, 15) is 13.2 Å². The zero-order chi connectivity index (χ0) is 14.8. The Hall–Kier alpha value is -1.60. The van der Waals surface area contributed by atoms with Crippen LogP contribution in [0.2, 0.25) is 5.02 Å². The van der Waals surface area contributed by atoms with Crippen molar-refractivity contribution in [1.82, 2.24) is 4.98 Å². The van der Waals surface area contributed by atoms with Crippen molar-refractivity contribution in [3.05, 3.63) is 50.9 Å². The molecule has 0 spiro atoms. The van der Waals surface area contributed by atoms with Gasteiger partial charge in [-0.25, -0.2) is 0 Å². The van der Waals surface area contributed by atoms with Gasteiger partial charge >= 0.3 is 6.18 Å². The van der Waals surface area contributed by atoms with Crippen LogP contribution in [0.1, 0.15) is 22.1 Å². The van der Waals surface area contributed by atoms with Gasteiger partial charge in [0, 0.05) is 11.1 Å². The number of hydrogen-bond acceptors (Lipinski definition) is 4. The number of hydrogen-bond donors (Lipinski definition) is 1. The molecule has 0 saturated heterocycles. The molecule has 0 aliphatic carbocycles. The fourth-order valence-corrected chi connectivity index (χ4v) is 2.72. The van der Waals surface area contributed by atoms with Crippen LogP contribution in [0.25, 0.3) is 0 Å². The molecule has 2 rings (SSSR count). The fourth-order valence-electron chi connectivity index (χ4n) is 1.65. The number of halogens is 4. The third kappa shape index (κ3) is 3.10. The summed E-state index contributed by atoms with van der Waals surface area (Å²) in [6, 6.07) is 4.35. The predicted octanol–water partition coefficient (Wildman–Crippen LogP) is 4.41. The van der Waals surface area contributed by atoms with Gasteiger partial charge in [-0.05, 0) is 17.5 Å². The zero-order valence-corrected chi connectivity index (χ0v) is 11.4. The first-order valence-corrected chi connectivity index (χ1v) is 6.63. The largest absolute Gasteiger partial charge is 0.417 e. The van der Waals surface area contributed by atoms with E-state index in [-0.39, 0.29) is 10.7 Å². The Balaban J connectivity index is 2.45. The molecule has 106 valence electrons. The topological polar surface area (TPSA) is 45.5 Å². The Kier molecular flexibility index (Phi) is 4.29. The first-order valence-electron chi connectivity index (χ1n) is 5.37. The van der Waals surface area contributed by atoms with Crippen LogP contribution in [-0.2, 0) is 6.18 Å². The van der Waals surface area contributed by atoms with Crippen LogP contribution < -0.4 is 0 Å². The van der Waals surface area contributed by atoms with Gasteiger partial charge in [0.1, 0.15) is 0 Å². The maximum atomic E-state index is 12.6. The summed E-state index contributed by atoms with van der Waals surface area (Å²) in [5.41, 5.74) is -0.711. The molecule has 1 N–H and O–H groups in total. The van der Waals surface area contributed by atoms with Crippen LogP contribution in [-0.4, -0.2) is 16.4 Å². The Morgan fingerprint density at radius 3 is 2.70 bits per heavy atom. The minimum Gasteiger partial charge on any atom is -0.411 e.